The minimum Gasteiger partial charge on any atom is -0.304 e. The van der Waals surface area contributed by atoms with Crippen LogP contribution in [0.25, 0.3) is 5.52 Å². The Balaban J connectivity index is 2.26. The monoisotopic (exact) mass is 172 g/mol. The van der Waals surface area contributed by atoms with Crippen LogP contribution in [0.4, 0.5) is 0 Å². The van der Waals surface area contributed by atoms with E-state index in [4.69, 9.17) is 0 Å². The Morgan fingerprint density at radius 3 is 3.08 bits per heavy atom. The lowest BCUT2D eigenvalue weighted by Gasteiger charge is -1.99. The molecule has 1 fully saturated rings. The van der Waals surface area contributed by atoms with Crippen molar-refractivity contribution in [2.24, 2.45) is 0 Å². The standard InChI is InChI=1S/C11H12N2/c1-8-4-5-13-10(6-8)7-12-11(13)9-2-3-9/h4-7,9H,2-3H2,1H3. The molecule has 0 atom stereocenters. The molecule has 0 spiro atoms. The van der Waals surface area contributed by atoms with Crippen LogP contribution in [0.3, 0.4) is 0 Å². The van der Waals surface area contributed by atoms with Gasteiger partial charge in [-0.1, -0.05) is 0 Å². The summed E-state index contributed by atoms with van der Waals surface area (Å²) in [7, 11) is 0. The van der Waals surface area contributed by atoms with Gasteiger partial charge in [-0.3, -0.25) is 0 Å². The van der Waals surface area contributed by atoms with E-state index in [0.29, 0.717) is 0 Å². The van der Waals surface area contributed by atoms with Gasteiger partial charge >= 0.3 is 0 Å². The lowest BCUT2D eigenvalue weighted by molar-refractivity contribution is 0.919. The van der Waals surface area contributed by atoms with Gasteiger partial charge in [0.1, 0.15) is 5.82 Å². The summed E-state index contributed by atoms with van der Waals surface area (Å²) in [4.78, 5) is 4.46. The first-order valence-corrected chi connectivity index (χ1v) is 4.78. The molecule has 0 radical (unpaired) electrons. The van der Waals surface area contributed by atoms with Crippen molar-refractivity contribution in [1.82, 2.24) is 9.38 Å². The number of aromatic nitrogens is 2. The summed E-state index contributed by atoms with van der Waals surface area (Å²) >= 11 is 0. The van der Waals surface area contributed by atoms with E-state index >= 15 is 0 Å². The topological polar surface area (TPSA) is 17.3 Å². The van der Waals surface area contributed by atoms with Crippen LogP contribution in [-0.4, -0.2) is 9.38 Å². The average molecular weight is 172 g/mol. The quantitative estimate of drug-likeness (QED) is 0.646. The van der Waals surface area contributed by atoms with E-state index in [2.05, 4.69) is 34.6 Å². The van der Waals surface area contributed by atoms with E-state index in [1.807, 2.05) is 6.20 Å². The van der Waals surface area contributed by atoms with Crippen LogP contribution < -0.4 is 0 Å². The van der Waals surface area contributed by atoms with Gasteiger partial charge in [-0.25, -0.2) is 4.98 Å². The minimum atomic E-state index is 0.727. The molecule has 66 valence electrons. The number of rotatable bonds is 1. The second kappa shape index (κ2) is 2.34. The molecule has 1 saturated carbocycles. The molecule has 0 unspecified atom stereocenters. The highest BCUT2D eigenvalue weighted by molar-refractivity contribution is 5.48. The number of fused-ring (bicyclic) bond motifs is 1. The Hall–Kier alpha value is -1.31. The third kappa shape index (κ3) is 1.05. The van der Waals surface area contributed by atoms with Crippen LogP contribution in [0.1, 0.15) is 30.1 Å². The van der Waals surface area contributed by atoms with Crippen LogP contribution >= 0.6 is 0 Å². The van der Waals surface area contributed by atoms with Gasteiger partial charge in [-0.2, -0.15) is 0 Å². The molecule has 0 N–H and O–H groups in total. The Bertz CT molecular complexity index is 452. The minimum absolute atomic E-state index is 0.727. The Labute approximate surface area is 77.2 Å². The van der Waals surface area contributed by atoms with E-state index in [1.54, 1.807) is 0 Å². The third-order valence-corrected chi connectivity index (χ3v) is 2.66. The maximum Gasteiger partial charge on any atom is 0.116 e. The maximum absolute atomic E-state index is 4.46. The molecule has 13 heavy (non-hydrogen) atoms. The van der Waals surface area contributed by atoms with Crippen molar-refractivity contribution >= 4 is 5.52 Å². The molecule has 2 aromatic rings. The van der Waals surface area contributed by atoms with Gasteiger partial charge < -0.3 is 4.40 Å². The normalized spacial score (nSPS) is 16.7. The summed E-state index contributed by atoms with van der Waals surface area (Å²) in [5.41, 5.74) is 2.52. The molecule has 0 aromatic carbocycles. The Morgan fingerprint density at radius 2 is 2.31 bits per heavy atom. The predicted molar refractivity (Wildman–Crippen MR) is 51.9 cm³/mol. The molecule has 3 rings (SSSR count). The van der Waals surface area contributed by atoms with Crippen LogP contribution in [-0.2, 0) is 0 Å². The van der Waals surface area contributed by atoms with Gasteiger partial charge in [-0.15, -0.1) is 0 Å². The van der Waals surface area contributed by atoms with Crippen LogP contribution in [0.2, 0.25) is 0 Å². The number of pyridine rings is 1. The zero-order valence-corrected chi connectivity index (χ0v) is 7.70. The summed E-state index contributed by atoms with van der Waals surface area (Å²) in [5.74, 6) is 1.97. The molecule has 0 saturated heterocycles. The number of aryl methyl sites for hydroxylation is 1. The fraction of sp³-hybridized carbons (Fsp3) is 0.364. The highest BCUT2D eigenvalue weighted by atomic mass is 15.0. The van der Waals surface area contributed by atoms with Crippen molar-refractivity contribution < 1.29 is 0 Å². The largest absolute Gasteiger partial charge is 0.304 e. The van der Waals surface area contributed by atoms with Crippen molar-refractivity contribution in [3.63, 3.8) is 0 Å². The maximum atomic E-state index is 4.46. The van der Waals surface area contributed by atoms with Crippen LogP contribution in [0, 0.1) is 6.92 Å². The SMILES string of the molecule is Cc1ccn2c(C3CC3)ncc2c1. The van der Waals surface area contributed by atoms with E-state index in [0.717, 1.165) is 5.92 Å². The lowest BCUT2D eigenvalue weighted by Crippen LogP contribution is -1.91. The van der Waals surface area contributed by atoms with Gasteiger partial charge in [0.15, 0.2) is 0 Å². The molecular weight excluding hydrogens is 160 g/mol. The number of nitrogens with zero attached hydrogens (tertiary/aromatic N) is 2. The summed E-state index contributed by atoms with van der Waals surface area (Å²) < 4.78 is 2.21. The van der Waals surface area contributed by atoms with Gasteiger partial charge in [-0.05, 0) is 37.5 Å². The first kappa shape index (κ1) is 7.13. The van der Waals surface area contributed by atoms with Gasteiger partial charge in [0.2, 0.25) is 0 Å². The second-order valence-corrected chi connectivity index (χ2v) is 3.89. The predicted octanol–water partition coefficient (Wildman–Crippen LogP) is 2.52. The van der Waals surface area contributed by atoms with E-state index in [1.165, 1.54) is 29.7 Å². The average Bonchev–Trinajstić information content (AvgIpc) is 2.87. The highest BCUT2D eigenvalue weighted by Crippen LogP contribution is 2.39. The van der Waals surface area contributed by atoms with Gasteiger partial charge in [0, 0.05) is 12.1 Å². The smallest absolute Gasteiger partial charge is 0.116 e. The van der Waals surface area contributed by atoms with E-state index in [9.17, 15) is 0 Å². The Kier molecular flexibility index (Phi) is 1.29. The second-order valence-electron chi connectivity index (χ2n) is 3.89. The first-order chi connectivity index (χ1) is 6.34. The highest BCUT2D eigenvalue weighted by Gasteiger charge is 2.27. The third-order valence-electron chi connectivity index (χ3n) is 2.66. The summed E-state index contributed by atoms with van der Waals surface area (Å²) in [6.07, 6.45) is 6.73. The molecule has 2 aromatic heterocycles. The summed E-state index contributed by atoms with van der Waals surface area (Å²) in [6.45, 7) is 2.11. The molecule has 2 nitrogen and oxygen atoms in total. The molecule has 2 heteroatoms. The Morgan fingerprint density at radius 1 is 1.46 bits per heavy atom. The number of imidazole rings is 1. The lowest BCUT2D eigenvalue weighted by atomic mass is 10.3. The zero-order chi connectivity index (χ0) is 8.84. The molecule has 0 amide bonds. The molecule has 1 aliphatic rings. The van der Waals surface area contributed by atoms with Crippen molar-refractivity contribution in [1.29, 1.82) is 0 Å². The number of hydrogen-bond acceptors (Lipinski definition) is 1. The summed E-state index contributed by atoms with van der Waals surface area (Å²) in [6, 6.07) is 4.32. The van der Waals surface area contributed by atoms with Crippen molar-refractivity contribution in [3.8, 4) is 0 Å². The fourth-order valence-electron chi connectivity index (χ4n) is 1.78. The van der Waals surface area contributed by atoms with Gasteiger partial charge in [0.25, 0.3) is 0 Å². The van der Waals surface area contributed by atoms with E-state index in [-0.39, 0.29) is 0 Å². The molecule has 1 aliphatic carbocycles. The van der Waals surface area contributed by atoms with Gasteiger partial charge in [0.05, 0.1) is 11.7 Å². The van der Waals surface area contributed by atoms with E-state index < -0.39 is 0 Å². The summed E-state index contributed by atoms with van der Waals surface area (Å²) in [5, 5.41) is 0. The molecular formula is C11H12N2. The van der Waals surface area contributed by atoms with Crippen molar-refractivity contribution in [2.75, 3.05) is 0 Å². The zero-order valence-electron chi connectivity index (χ0n) is 7.70. The van der Waals surface area contributed by atoms with Crippen molar-refractivity contribution in [3.05, 3.63) is 35.9 Å². The fourth-order valence-corrected chi connectivity index (χ4v) is 1.78. The first-order valence-electron chi connectivity index (χ1n) is 4.78. The van der Waals surface area contributed by atoms with Crippen LogP contribution in [0.15, 0.2) is 24.5 Å². The van der Waals surface area contributed by atoms with Crippen LogP contribution in [0.5, 0.6) is 0 Å². The number of hydrogen-bond donors (Lipinski definition) is 0. The van der Waals surface area contributed by atoms with Crippen molar-refractivity contribution in [2.45, 2.75) is 25.7 Å². The molecule has 0 aliphatic heterocycles. The molecule has 0 bridgehead atoms. The molecule has 2 heterocycles.